The summed E-state index contributed by atoms with van der Waals surface area (Å²) in [5, 5.41) is 28.9. The van der Waals surface area contributed by atoms with Crippen LogP contribution in [0.3, 0.4) is 0 Å². The van der Waals surface area contributed by atoms with Crippen LogP contribution in [0.4, 0.5) is 4.79 Å². The lowest BCUT2D eigenvalue weighted by Crippen LogP contribution is -2.64. The standard InChI is InChI=1S/C22H37N3O9/c1-7-8-9-16(28)23-11-14(27)18(29)19-17(24-12(2)26)13(10-15(33-19)20(30)32-6)25-21(31)34-22(3,4)5/h10,13-14,17-19,27,29H,7-9,11H2,1-6H3,(H,23,28)(H,24,26)(H,25,31)/t13-,14?,17+,18?,19+/m0/s1. The molecule has 1 aliphatic heterocycles. The van der Waals surface area contributed by atoms with Crippen molar-refractivity contribution in [2.45, 2.75) is 89.9 Å². The molecule has 0 saturated heterocycles. The van der Waals surface area contributed by atoms with Crippen molar-refractivity contribution in [2.75, 3.05) is 13.7 Å². The van der Waals surface area contributed by atoms with Crippen molar-refractivity contribution < 1.29 is 43.6 Å². The van der Waals surface area contributed by atoms with E-state index >= 15 is 0 Å². The minimum absolute atomic E-state index is 0.269. The molecule has 0 aromatic heterocycles. The average Bonchev–Trinajstić information content (AvgIpc) is 2.74. The molecule has 0 saturated carbocycles. The van der Waals surface area contributed by atoms with Gasteiger partial charge in [-0.05, 0) is 33.3 Å². The number of amides is 3. The molecule has 1 aliphatic rings. The second-order valence-electron chi connectivity index (χ2n) is 8.97. The summed E-state index contributed by atoms with van der Waals surface area (Å²) in [6.45, 7) is 7.85. The van der Waals surface area contributed by atoms with Crippen LogP contribution in [0.1, 0.15) is 53.9 Å². The lowest BCUT2D eigenvalue weighted by molar-refractivity contribution is -0.148. The second kappa shape index (κ2) is 13.1. The highest BCUT2D eigenvalue weighted by molar-refractivity contribution is 5.87. The van der Waals surface area contributed by atoms with Gasteiger partial charge in [0.15, 0.2) is 0 Å². The predicted octanol–water partition coefficient (Wildman–Crippen LogP) is -0.132. The van der Waals surface area contributed by atoms with Crippen LogP contribution in [-0.4, -0.2) is 83.7 Å². The number of esters is 1. The van der Waals surface area contributed by atoms with Crippen LogP contribution in [0, 0.1) is 0 Å². The summed E-state index contributed by atoms with van der Waals surface area (Å²) in [4.78, 5) is 48.3. The zero-order valence-corrected chi connectivity index (χ0v) is 20.5. The van der Waals surface area contributed by atoms with E-state index in [9.17, 15) is 29.4 Å². The van der Waals surface area contributed by atoms with Gasteiger partial charge in [-0.3, -0.25) is 9.59 Å². The molecule has 3 amide bonds. The fourth-order valence-corrected chi connectivity index (χ4v) is 3.19. The van der Waals surface area contributed by atoms with Gasteiger partial charge in [-0.15, -0.1) is 0 Å². The number of ether oxygens (including phenoxy) is 3. The number of aliphatic hydroxyl groups is 2. The molecule has 12 nitrogen and oxygen atoms in total. The fraction of sp³-hybridized carbons (Fsp3) is 0.727. The van der Waals surface area contributed by atoms with Gasteiger partial charge >= 0.3 is 12.1 Å². The molecular formula is C22H37N3O9. The molecule has 1 rings (SSSR count). The molecule has 0 radical (unpaired) electrons. The minimum Gasteiger partial charge on any atom is -0.478 e. The summed E-state index contributed by atoms with van der Waals surface area (Å²) in [7, 11) is 1.12. The molecule has 0 spiro atoms. The Morgan fingerprint density at radius 3 is 2.35 bits per heavy atom. The van der Waals surface area contributed by atoms with Crippen LogP contribution >= 0.6 is 0 Å². The van der Waals surface area contributed by atoms with Gasteiger partial charge in [-0.2, -0.15) is 0 Å². The lowest BCUT2D eigenvalue weighted by atomic mass is 9.91. The van der Waals surface area contributed by atoms with Crippen molar-refractivity contribution in [1.29, 1.82) is 0 Å². The molecule has 5 N–H and O–H groups in total. The molecule has 1 heterocycles. The number of nitrogens with one attached hydrogen (secondary N) is 3. The number of rotatable bonds is 10. The smallest absolute Gasteiger partial charge is 0.408 e. The van der Waals surface area contributed by atoms with Gasteiger partial charge in [-0.25, -0.2) is 9.59 Å². The average molecular weight is 488 g/mol. The maximum absolute atomic E-state index is 12.4. The Balaban J connectivity index is 3.16. The van der Waals surface area contributed by atoms with Crippen molar-refractivity contribution >= 4 is 23.9 Å². The lowest BCUT2D eigenvalue weighted by Gasteiger charge is -2.40. The quantitative estimate of drug-likeness (QED) is 0.263. The van der Waals surface area contributed by atoms with Crippen molar-refractivity contribution in [3.8, 4) is 0 Å². The fourth-order valence-electron chi connectivity index (χ4n) is 3.19. The zero-order chi connectivity index (χ0) is 26.1. The molecule has 2 unspecified atom stereocenters. The van der Waals surface area contributed by atoms with Gasteiger partial charge in [0.25, 0.3) is 0 Å². The molecule has 12 heteroatoms. The number of hydrogen-bond donors (Lipinski definition) is 5. The Morgan fingerprint density at radius 1 is 1.18 bits per heavy atom. The summed E-state index contributed by atoms with van der Waals surface area (Å²) in [5.41, 5.74) is -0.821. The van der Waals surface area contributed by atoms with E-state index in [1.54, 1.807) is 20.8 Å². The number of alkyl carbamates (subject to hydrolysis) is 1. The predicted molar refractivity (Wildman–Crippen MR) is 120 cm³/mol. The first-order chi connectivity index (χ1) is 15.8. The summed E-state index contributed by atoms with van der Waals surface area (Å²) in [6, 6.07) is -2.16. The Labute approximate surface area is 199 Å². The molecule has 5 atom stereocenters. The van der Waals surface area contributed by atoms with Crippen LogP contribution in [0.5, 0.6) is 0 Å². The van der Waals surface area contributed by atoms with Crippen molar-refractivity contribution in [1.82, 2.24) is 16.0 Å². The summed E-state index contributed by atoms with van der Waals surface area (Å²) < 4.78 is 15.5. The third-order valence-electron chi connectivity index (χ3n) is 4.77. The third-order valence-corrected chi connectivity index (χ3v) is 4.77. The maximum Gasteiger partial charge on any atom is 0.408 e. The van der Waals surface area contributed by atoms with Gasteiger partial charge in [0.2, 0.25) is 17.6 Å². The van der Waals surface area contributed by atoms with Gasteiger partial charge in [0.1, 0.15) is 23.9 Å². The number of unbranched alkanes of at least 4 members (excludes halogenated alkanes) is 1. The molecule has 0 aromatic rings. The number of carbonyl (C=O) groups is 4. The van der Waals surface area contributed by atoms with Crippen LogP contribution in [0.25, 0.3) is 0 Å². The van der Waals surface area contributed by atoms with Crippen molar-refractivity contribution in [3.05, 3.63) is 11.8 Å². The molecule has 34 heavy (non-hydrogen) atoms. The van der Waals surface area contributed by atoms with Gasteiger partial charge in [-0.1, -0.05) is 13.3 Å². The first-order valence-electron chi connectivity index (χ1n) is 11.1. The van der Waals surface area contributed by atoms with Crippen LogP contribution < -0.4 is 16.0 Å². The van der Waals surface area contributed by atoms with E-state index in [0.717, 1.165) is 13.5 Å². The maximum atomic E-state index is 12.4. The van der Waals surface area contributed by atoms with Gasteiger partial charge in [0, 0.05) is 19.9 Å². The van der Waals surface area contributed by atoms with Crippen molar-refractivity contribution in [3.63, 3.8) is 0 Å². The molecule has 0 aliphatic carbocycles. The van der Waals surface area contributed by atoms with E-state index in [-0.39, 0.29) is 24.6 Å². The minimum atomic E-state index is -1.67. The number of aliphatic hydroxyl groups excluding tert-OH is 2. The third kappa shape index (κ3) is 9.56. The first kappa shape index (κ1) is 29.2. The number of carbonyl (C=O) groups excluding carboxylic acids is 4. The van der Waals surface area contributed by atoms with E-state index in [0.29, 0.717) is 6.42 Å². The Hall–Kier alpha value is -2.86. The van der Waals surface area contributed by atoms with Crippen LogP contribution in [0.2, 0.25) is 0 Å². The SMILES string of the molecule is CCCCC(=O)NCC(O)C(O)[C@@H]1OC(C(=O)OC)=C[C@H](NC(=O)OC(C)(C)C)[C@H]1NC(C)=O. The van der Waals surface area contributed by atoms with Gasteiger partial charge < -0.3 is 40.4 Å². The van der Waals surface area contributed by atoms with Crippen molar-refractivity contribution in [2.24, 2.45) is 0 Å². The highest BCUT2D eigenvalue weighted by atomic mass is 16.6. The molecular weight excluding hydrogens is 450 g/mol. The largest absolute Gasteiger partial charge is 0.478 e. The van der Waals surface area contributed by atoms with E-state index in [1.807, 2.05) is 6.92 Å². The molecule has 194 valence electrons. The highest BCUT2D eigenvalue weighted by Gasteiger charge is 2.44. The number of methoxy groups -OCH3 is 1. The Bertz CT molecular complexity index is 763. The Kier molecular flexibility index (Phi) is 11.3. The monoisotopic (exact) mass is 487 g/mol. The topological polar surface area (TPSA) is 173 Å². The zero-order valence-electron chi connectivity index (χ0n) is 20.5. The molecule has 0 bridgehead atoms. The van der Waals surface area contributed by atoms with E-state index in [4.69, 9.17) is 9.47 Å². The van der Waals surface area contributed by atoms with E-state index in [1.165, 1.54) is 13.0 Å². The van der Waals surface area contributed by atoms with E-state index in [2.05, 4.69) is 20.7 Å². The first-order valence-corrected chi connectivity index (χ1v) is 11.1. The van der Waals surface area contributed by atoms with Gasteiger partial charge in [0.05, 0.1) is 19.2 Å². The van der Waals surface area contributed by atoms with Crippen LogP contribution in [-0.2, 0) is 28.6 Å². The number of hydrogen-bond acceptors (Lipinski definition) is 9. The second-order valence-corrected chi connectivity index (χ2v) is 8.97. The van der Waals surface area contributed by atoms with E-state index < -0.39 is 54.0 Å². The molecule has 0 aromatic carbocycles. The Morgan fingerprint density at radius 2 is 1.82 bits per heavy atom. The van der Waals surface area contributed by atoms with Crippen LogP contribution in [0.15, 0.2) is 11.8 Å². The molecule has 0 fully saturated rings. The normalized spacial score (nSPS) is 21.8. The summed E-state index contributed by atoms with van der Waals surface area (Å²) in [5.74, 6) is -2.04. The summed E-state index contributed by atoms with van der Waals surface area (Å²) >= 11 is 0. The highest BCUT2D eigenvalue weighted by Crippen LogP contribution is 2.24. The summed E-state index contributed by atoms with van der Waals surface area (Å²) in [6.07, 6.45) is -2.42.